The van der Waals surface area contributed by atoms with E-state index in [-0.39, 0.29) is 0 Å². The molecule has 0 spiro atoms. The highest BCUT2D eigenvalue weighted by atomic mass is 19.4. The molecule has 0 aliphatic heterocycles. The maximum Gasteiger partial charge on any atom is 0.415 e. The van der Waals surface area contributed by atoms with Crippen LogP contribution in [0.4, 0.5) is 13.2 Å². The van der Waals surface area contributed by atoms with Gasteiger partial charge in [-0.05, 0) is 20.8 Å². The van der Waals surface area contributed by atoms with Gasteiger partial charge in [-0.1, -0.05) is 0 Å². The highest BCUT2D eigenvalue weighted by Gasteiger charge is 2.54. The zero-order valence-electron chi connectivity index (χ0n) is 10.8. The molecule has 2 atom stereocenters. The Kier molecular flexibility index (Phi) is 5.15. The maximum atomic E-state index is 12.5. The van der Waals surface area contributed by atoms with Crippen molar-refractivity contribution < 1.29 is 22.8 Å². The third-order valence-corrected chi connectivity index (χ3v) is 2.63. The first kappa shape index (κ1) is 16.7. The van der Waals surface area contributed by atoms with Crippen molar-refractivity contribution >= 4 is 11.8 Å². The Bertz CT molecular complexity index is 329. The van der Waals surface area contributed by atoms with Crippen LogP contribution >= 0.6 is 0 Å². The van der Waals surface area contributed by atoms with Crippen LogP contribution in [0.3, 0.4) is 0 Å². The van der Waals surface area contributed by atoms with E-state index in [9.17, 15) is 22.8 Å². The number of halogens is 3. The van der Waals surface area contributed by atoms with Gasteiger partial charge in [-0.25, -0.2) is 0 Å². The minimum absolute atomic E-state index is 0.387. The number of likely N-dealkylation sites (N-methyl/N-ethyl adjacent to an activating group) is 1. The summed E-state index contributed by atoms with van der Waals surface area (Å²) in [6.45, 7) is 3.95. The van der Waals surface area contributed by atoms with Gasteiger partial charge in [0.1, 0.15) is 6.04 Å². The van der Waals surface area contributed by atoms with Crippen LogP contribution in [0.1, 0.15) is 20.8 Å². The molecule has 0 saturated heterocycles. The number of hydrogen-bond acceptors (Lipinski definition) is 3. The Morgan fingerprint density at radius 3 is 2.17 bits per heavy atom. The molecular formula is C10H18F3N3O2. The lowest BCUT2D eigenvalue weighted by molar-refractivity contribution is -0.188. The number of hydrogen-bond donors (Lipinski definition) is 2. The molecule has 0 aromatic heterocycles. The van der Waals surface area contributed by atoms with E-state index in [1.54, 1.807) is 6.92 Å². The fourth-order valence-electron chi connectivity index (χ4n) is 1.02. The summed E-state index contributed by atoms with van der Waals surface area (Å²) >= 11 is 0. The van der Waals surface area contributed by atoms with Gasteiger partial charge in [0.15, 0.2) is 5.54 Å². The quantitative estimate of drug-likeness (QED) is 0.768. The smallest absolute Gasteiger partial charge is 0.344 e. The molecule has 18 heavy (non-hydrogen) atoms. The zero-order valence-corrected chi connectivity index (χ0v) is 10.8. The normalized spacial score (nSPS) is 16.7. The van der Waals surface area contributed by atoms with Crippen molar-refractivity contribution in [3.63, 3.8) is 0 Å². The van der Waals surface area contributed by atoms with Gasteiger partial charge in [-0.15, -0.1) is 0 Å². The summed E-state index contributed by atoms with van der Waals surface area (Å²) in [7, 11) is 1.48. The van der Waals surface area contributed by atoms with Gasteiger partial charge in [-0.3, -0.25) is 9.59 Å². The summed E-state index contributed by atoms with van der Waals surface area (Å²) in [6, 6.07) is -1.06. The molecule has 8 heteroatoms. The molecule has 0 saturated carbocycles. The van der Waals surface area contributed by atoms with Crippen LogP contribution in [-0.4, -0.2) is 48.1 Å². The van der Waals surface area contributed by atoms with Crippen LogP contribution in [0.2, 0.25) is 0 Å². The van der Waals surface area contributed by atoms with Crippen LogP contribution in [0, 0.1) is 0 Å². The highest BCUT2D eigenvalue weighted by molar-refractivity contribution is 5.92. The Hall–Kier alpha value is -1.31. The van der Waals surface area contributed by atoms with E-state index in [1.165, 1.54) is 18.9 Å². The van der Waals surface area contributed by atoms with Crippen LogP contribution in [-0.2, 0) is 9.59 Å². The minimum Gasteiger partial charge on any atom is -0.344 e. The number of nitrogens with one attached hydrogen (secondary N) is 1. The summed E-state index contributed by atoms with van der Waals surface area (Å²) < 4.78 is 37.4. The first-order chi connectivity index (χ1) is 7.95. The van der Waals surface area contributed by atoms with Crippen molar-refractivity contribution in [2.75, 3.05) is 13.6 Å². The Morgan fingerprint density at radius 1 is 1.39 bits per heavy atom. The fraction of sp³-hybridized carbons (Fsp3) is 0.800. The van der Waals surface area contributed by atoms with Gasteiger partial charge < -0.3 is 16.0 Å². The third-order valence-electron chi connectivity index (χ3n) is 2.63. The van der Waals surface area contributed by atoms with Crippen LogP contribution < -0.4 is 11.1 Å². The van der Waals surface area contributed by atoms with Gasteiger partial charge in [0.05, 0.1) is 0 Å². The molecule has 0 aromatic carbocycles. The standard InChI is InChI=1S/C10H18F3N3O2/c1-5-16(4)7(17)6(2)15-8(18)9(3,14)10(11,12)13/h6H,5,14H2,1-4H3,(H,15,18). The van der Waals surface area contributed by atoms with Crippen LogP contribution in [0.15, 0.2) is 0 Å². The van der Waals surface area contributed by atoms with Crippen molar-refractivity contribution in [1.29, 1.82) is 0 Å². The molecule has 0 aliphatic carbocycles. The summed E-state index contributed by atoms with van der Waals surface area (Å²) in [5.41, 5.74) is 1.91. The molecule has 3 N–H and O–H groups in total. The van der Waals surface area contributed by atoms with Gasteiger partial charge in [0.25, 0.3) is 0 Å². The predicted molar refractivity (Wildman–Crippen MR) is 59.6 cm³/mol. The second-order valence-corrected chi connectivity index (χ2v) is 4.25. The lowest BCUT2D eigenvalue weighted by Crippen LogP contribution is -2.63. The maximum absolute atomic E-state index is 12.5. The molecule has 0 aliphatic rings. The van der Waals surface area contributed by atoms with Gasteiger partial charge in [0.2, 0.25) is 11.8 Å². The number of rotatable bonds is 4. The molecule has 0 radical (unpaired) electrons. The van der Waals surface area contributed by atoms with E-state index in [0.29, 0.717) is 13.5 Å². The Labute approximate surface area is 103 Å². The summed E-state index contributed by atoms with van der Waals surface area (Å²) in [4.78, 5) is 24.3. The Balaban J connectivity index is 4.73. The van der Waals surface area contributed by atoms with E-state index in [4.69, 9.17) is 5.73 Å². The molecule has 0 aromatic rings. The summed E-state index contributed by atoms with van der Waals surface area (Å²) in [5, 5.41) is 1.97. The predicted octanol–water partition coefficient (Wildman–Crippen LogP) is 0.249. The largest absolute Gasteiger partial charge is 0.415 e. The van der Waals surface area contributed by atoms with Crippen molar-refractivity contribution in [3.8, 4) is 0 Å². The van der Waals surface area contributed by atoms with Gasteiger partial charge >= 0.3 is 6.18 Å². The van der Waals surface area contributed by atoms with E-state index >= 15 is 0 Å². The molecule has 2 unspecified atom stereocenters. The number of amides is 2. The van der Waals surface area contributed by atoms with Crippen molar-refractivity contribution in [2.45, 2.75) is 38.5 Å². The fourth-order valence-corrected chi connectivity index (χ4v) is 1.02. The lowest BCUT2D eigenvalue weighted by Gasteiger charge is -2.28. The van der Waals surface area contributed by atoms with E-state index in [1.807, 2.05) is 5.32 Å². The zero-order chi connectivity index (χ0) is 14.7. The topological polar surface area (TPSA) is 75.4 Å². The van der Waals surface area contributed by atoms with Crippen LogP contribution in [0.25, 0.3) is 0 Å². The SMILES string of the molecule is CCN(C)C(=O)C(C)NC(=O)C(C)(N)C(F)(F)F. The Morgan fingerprint density at radius 2 is 1.83 bits per heavy atom. The van der Waals surface area contributed by atoms with Crippen molar-refractivity contribution in [2.24, 2.45) is 5.73 Å². The number of carbonyl (C=O) groups excluding carboxylic acids is 2. The molecule has 0 fully saturated rings. The van der Waals surface area contributed by atoms with E-state index in [2.05, 4.69) is 0 Å². The second-order valence-electron chi connectivity index (χ2n) is 4.25. The van der Waals surface area contributed by atoms with Crippen molar-refractivity contribution in [1.82, 2.24) is 10.2 Å². The average Bonchev–Trinajstić information content (AvgIpc) is 2.24. The minimum atomic E-state index is -4.88. The highest BCUT2D eigenvalue weighted by Crippen LogP contribution is 2.28. The number of carbonyl (C=O) groups is 2. The first-order valence-electron chi connectivity index (χ1n) is 5.36. The van der Waals surface area contributed by atoms with E-state index in [0.717, 1.165) is 0 Å². The van der Waals surface area contributed by atoms with E-state index < -0.39 is 29.6 Å². The van der Waals surface area contributed by atoms with Crippen molar-refractivity contribution in [3.05, 3.63) is 0 Å². The second kappa shape index (κ2) is 5.55. The first-order valence-corrected chi connectivity index (χ1v) is 5.36. The third kappa shape index (κ3) is 3.59. The molecule has 2 amide bonds. The molecule has 106 valence electrons. The van der Waals surface area contributed by atoms with Crippen LogP contribution in [0.5, 0.6) is 0 Å². The molecular weight excluding hydrogens is 251 g/mol. The van der Waals surface area contributed by atoms with Gasteiger partial charge in [-0.2, -0.15) is 13.2 Å². The monoisotopic (exact) mass is 269 g/mol. The number of nitrogens with two attached hydrogens (primary N) is 1. The molecule has 0 bridgehead atoms. The molecule has 5 nitrogen and oxygen atoms in total. The number of alkyl halides is 3. The summed E-state index contributed by atoms with van der Waals surface area (Å²) in [5.74, 6) is -1.91. The average molecular weight is 269 g/mol. The molecule has 0 heterocycles. The summed E-state index contributed by atoms with van der Waals surface area (Å²) in [6.07, 6.45) is -4.88. The number of nitrogens with zero attached hydrogens (tertiary/aromatic N) is 1. The molecule has 0 rings (SSSR count). The van der Waals surface area contributed by atoms with Gasteiger partial charge in [0, 0.05) is 13.6 Å². The lowest BCUT2D eigenvalue weighted by atomic mass is 10.0.